The van der Waals surface area contributed by atoms with Crippen molar-refractivity contribution in [1.29, 1.82) is 0 Å². The summed E-state index contributed by atoms with van der Waals surface area (Å²) in [5.74, 6) is -0.382. The van der Waals surface area contributed by atoms with Crippen LogP contribution in [0.2, 0.25) is 0 Å². The average molecular weight is 581 g/mol. The van der Waals surface area contributed by atoms with Gasteiger partial charge in [0, 0.05) is 30.5 Å². The third-order valence-electron chi connectivity index (χ3n) is 6.26. The zero-order chi connectivity index (χ0) is 26.9. The Morgan fingerprint density at radius 1 is 1.06 bits per heavy atom. The van der Waals surface area contributed by atoms with Gasteiger partial charge in [0.15, 0.2) is 0 Å². The second-order valence-electron chi connectivity index (χ2n) is 9.13. The van der Waals surface area contributed by atoms with Crippen LogP contribution in [0.4, 0.5) is 5.69 Å². The number of halogens is 1. The number of aryl methyl sites for hydroxylation is 1. The van der Waals surface area contributed by atoms with E-state index in [0.29, 0.717) is 25.2 Å². The van der Waals surface area contributed by atoms with Crippen molar-refractivity contribution < 1.29 is 18.0 Å². The predicted molar refractivity (Wildman–Crippen MR) is 149 cm³/mol. The van der Waals surface area contributed by atoms with E-state index in [1.807, 2.05) is 50.2 Å². The molecule has 0 aliphatic heterocycles. The van der Waals surface area contributed by atoms with Crippen LogP contribution >= 0.6 is 15.9 Å². The molecule has 0 bridgehead atoms. The first-order valence-corrected chi connectivity index (χ1v) is 14.9. The first kappa shape index (κ1) is 29.8. The molecule has 2 rings (SSSR count). The van der Waals surface area contributed by atoms with Crippen LogP contribution in [-0.2, 0) is 26.2 Å². The van der Waals surface area contributed by atoms with E-state index < -0.39 is 16.1 Å². The van der Waals surface area contributed by atoms with Crippen LogP contribution in [0.1, 0.15) is 56.2 Å². The minimum absolute atomic E-state index is 0.125. The quantitative estimate of drug-likeness (QED) is 0.340. The van der Waals surface area contributed by atoms with Gasteiger partial charge < -0.3 is 10.2 Å². The molecule has 1 atom stereocenters. The number of unbranched alkanes of at least 4 members (excludes halogenated alkanes) is 1. The molecule has 36 heavy (non-hydrogen) atoms. The highest BCUT2D eigenvalue weighted by molar-refractivity contribution is 9.10. The Bertz CT molecular complexity index is 1140. The molecule has 0 radical (unpaired) electrons. The van der Waals surface area contributed by atoms with Crippen molar-refractivity contribution >= 4 is 43.5 Å². The van der Waals surface area contributed by atoms with Gasteiger partial charge in [-0.3, -0.25) is 13.9 Å². The summed E-state index contributed by atoms with van der Waals surface area (Å²) in [6.45, 7) is 8.66. The van der Waals surface area contributed by atoms with Gasteiger partial charge in [0.05, 0.1) is 11.9 Å². The zero-order valence-electron chi connectivity index (χ0n) is 21.9. The maximum absolute atomic E-state index is 13.3. The highest BCUT2D eigenvalue weighted by Crippen LogP contribution is 2.25. The largest absolute Gasteiger partial charge is 0.354 e. The number of benzene rings is 2. The fourth-order valence-corrected chi connectivity index (χ4v) is 5.17. The Balaban J connectivity index is 2.17. The van der Waals surface area contributed by atoms with Crippen molar-refractivity contribution in [2.75, 3.05) is 23.7 Å². The summed E-state index contributed by atoms with van der Waals surface area (Å²) in [5.41, 5.74) is 3.43. The van der Waals surface area contributed by atoms with E-state index in [2.05, 4.69) is 28.2 Å². The summed E-state index contributed by atoms with van der Waals surface area (Å²) in [4.78, 5) is 27.7. The van der Waals surface area contributed by atoms with E-state index in [-0.39, 0.29) is 24.8 Å². The lowest BCUT2D eigenvalue weighted by Crippen LogP contribution is -2.48. The van der Waals surface area contributed by atoms with Crippen LogP contribution in [0.25, 0.3) is 0 Å². The third kappa shape index (κ3) is 8.62. The summed E-state index contributed by atoms with van der Waals surface area (Å²) in [6.07, 6.45) is 3.48. The predicted octanol–water partition coefficient (Wildman–Crippen LogP) is 4.95. The summed E-state index contributed by atoms with van der Waals surface area (Å²) in [5, 5.41) is 2.91. The molecule has 7 nitrogen and oxygen atoms in total. The van der Waals surface area contributed by atoms with Crippen LogP contribution in [0, 0.1) is 13.8 Å². The van der Waals surface area contributed by atoms with Crippen LogP contribution < -0.4 is 9.62 Å². The lowest BCUT2D eigenvalue weighted by molar-refractivity contribution is -0.140. The molecule has 2 amide bonds. The normalized spacial score (nSPS) is 12.2. The summed E-state index contributed by atoms with van der Waals surface area (Å²) < 4.78 is 27.4. The standard InChI is InChI=1S/C27H38BrN3O4S/c1-6-7-17-29-27(33)22(4)30(19-23-13-15-24(28)16-14-23)26(32)12-9-18-31(36(5,34)35)25-11-8-10-20(2)21(25)3/h8,10-11,13-16,22H,6-7,9,12,17-19H2,1-5H3,(H,29,33)/t22-/m0/s1. The second kappa shape index (κ2) is 13.8. The fraction of sp³-hybridized carbons (Fsp3) is 0.481. The van der Waals surface area contributed by atoms with Crippen LogP contribution in [0.5, 0.6) is 0 Å². The van der Waals surface area contributed by atoms with Crippen molar-refractivity contribution in [2.45, 2.75) is 66.0 Å². The number of anilines is 1. The minimum Gasteiger partial charge on any atom is -0.354 e. The molecule has 0 saturated carbocycles. The molecule has 9 heteroatoms. The maximum atomic E-state index is 13.3. The summed E-state index contributed by atoms with van der Waals surface area (Å²) in [7, 11) is -3.53. The highest BCUT2D eigenvalue weighted by atomic mass is 79.9. The van der Waals surface area contributed by atoms with Crippen LogP contribution in [-0.4, -0.2) is 50.5 Å². The number of rotatable bonds is 13. The molecule has 0 heterocycles. The molecule has 0 saturated heterocycles. The van der Waals surface area contributed by atoms with E-state index in [4.69, 9.17) is 0 Å². The molecule has 0 aliphatic rings. The van der Waals surface area contributed by atoms with E-state index in [9.17, 15) is 18.0 Å². The Morgan fingerprint density at radius 3 is 2.33 bits per heavy atom. The zero-order valence-corrected chi connectivity index (χ0v) is 24.3. The molecule has 198 valence electrons. The molecule has 0 fully saturated rings. The van der Waals surface area contributed by atoms with Gasteiger partial charge in [-0.2, -0.15) is 0 Å². The first-order valence-electron chi connectivity index (χ1n) is 12.3. The molecule has 0 aromatic heterocycles. The Kier molecular flexibility index (Phi) is 11.4. The number of carbonyl (C=O) groups excluding carboxylic acids is 2. The van der Waals surface area contributed by atoms with Gasteiger partial charge >= 0.3 is 0 Å². The summed E-state index contributed by atoms with van der Waals surface area (Å²) in [6, 6.07) is 12.5. The fourth-order valence-electron chi connectivity index (χ4n) is 3.89. The van der Waals surface area contributed by atoms with Gasteiger partial charge in [0.25, 0.3) is 0 Å². The lowest BCUT2D eigenvalue weighted by atomic mass is 10.1. The van der Waals surface area contributed by atoms with Crippen molar-refractivity contribution in [3.8, 4) is 0 Å². The molecule has 0 aliphatic carbocycles. The number of nitrogens with zero attached hydrogens (tertiary/aromatic N) is 2. The molecular weight excluding hydrogens is 542 g/mol. The molecular formula is C27H38BrN3O4S. The second-order valence-corrected chi connectivity index (χ2v) is 11.9. The topological polar surface area (TPSA) is 86.8 Å². The Labute approximate surface area is 224 Å². The van der Waals surface area contributed by atoms with Crippen molar-refractivity contribution in [3.63, 3.8) is 0 Å². The molecule has 2 aromatic rings. The number of carbonyl (C=O) groups is 2. The SMILES string of the molecule is CCCCNC(=O)[C@H](C)N(Cc1ccc(Br)cc1)C(=O)CCCN(c1cccc(C)c1C)S(C)(=O)=O. The first-order chi connectivity index (χ1) is 17.0. The van der Waals surface area contributed by atoms with Gasteiger partial charge in [0.1, 0.15) is 6.04 Å². The number of hydrogen-bond donors (Lipinski definition) is 1. The van der Waals surface area contributed by atoms with Gasteiger partial charge in [-0.05, 0) is 68.5 Å². The van der Waals surface area contributed by atoms with E-state index in [0.717, 1.165) is 34.0 Å². The maximum Gasteiger partial charge on any atom is 0.242 e. The number of hydrogen-bond acceptors (Lipinski definition) is 4. The molecule has 0 spiro atoms. The average Bonchev–Trinajstić information content (AvgIpc) is 2.82. The monoisotopic (exact) mass is 579 g/mol. The third-order valence-corrected chi connectivity index (χ3v) is 7.97. The lowest BCUT2D eigenvalue weighted by Gasteiger charge is -2.29. The van der Waals surface area contributed by atoms with Gasteiger partial charge in [-0.25, -0.2) is 8.42 Å². The molecule has 0 unspecified atom stereocenters. The van der Waals surface area contributed by atoms with Gasteiger partial charge in [0.2, 0.25) is 21.8 Å². The smallest absolute Gasteiger partial charge is 0.242 e. The highest BCUT2D eigenvalue weighted by Gasteiger charge is 2.27. The minimum atomic E-state index is -3.53. The van der Waals surface area contributed by atoms with E-state index >= 15 is 0 Å². The van der Waals surface area contributed by atoms with Crippen LogP contribution in [0.15, 0.2) is 46.9 Å². The molecule has 2 aromatic carbocycles. The van der Waals surface area contributed by atoms with Crippen LogP contribution in [0.3, 0.4) is 0 Å². The number of amides is 2. The summed E-state index contributed by atoms with van der Waals surface area (Å²) >= 11 is 3.42. The van der Waals surface area contributed by atoms with E-state index in [1.54, 1.807) is 17.9 Å². The van der Waals surface area contributed by atoms with Crippen molar-refractivity contribution in [3.05, 3.63) is 63.6 Å². The van der Waals surface area contributed by atoms with E-state index in [1.165, 1.54) is 10.6 Å². The van der Waals surface area contributed by atoms with Crippen molar-refractivity contribution in [2.24, 2.45) is 0 Å². The molecule has 1 N–H and O–H groups in total. The van der Waals surface area contributed by atoms with Gasteiger partial charge in [-0.15, -0.1) is 0 Å². The Hall–Kier alpha value is -2.39. The van der Waals surface area contributed by atoms with Gasteiger partial charge in [-0.1, -0.05) is 53.5 Å². The van der Waals surface area contributed by atoms with Crippen molar-refractivity contribution in [1.82, 2.24) is 10.2 Å². The Morgan fingerprint density at radius 2 is 1.72 bits per heavy atom. The number of sulfonamides is 1. The number of nitrogens with one attached hydrogen (secondary N) is 1.